The van der Waals surface area contributed by atoms with Gasteiger partial charge in [-0.05, 0) is 32.8 Å². The van der Waals surface area contributed by atoms with Crippen LogP contribution in [-0.4, -0.2) is 31.6 Å². The van der Waals surface area contributed by atoms with Crippen molar-refractivity contribution in [1.82, 2.24) is 0 Å². The van der Waals surface area contributed by atoms with Crippen molar-refractivity contribution in [2.45, 2.75) is 27.2 Å². The van der Waals surface area contributed by atoms with E-state index in [1.54, 1.807) is 6.92 Å². The first kappa shape index (κ1) is 16.8. The van der Waals surface area contributed by atoms with Crippen molar-refractivity contribution in [3.8, 4) is 11.5 Å². The number of rotatable bonds is 5. The summed E-state index contributed by atoms with van der Waals surface area (Å²) in [6.45, 7) is 5.61. The lowest BCUT2D eigenvalue weighted by atomic mass is 9.94. The molecule has 0 saturated carbocycles. The summed E-state index contributed by atoms with van der Waals surface area (Å²) in [6.07, 6.45) is 2.81. The van der Waals surface area contributed by atoms with Crippen LogP contribution in [0.4, 0.5) is 0 Å². The zero-order valence-corrected chi connectivity index (χ0v) is 12.9. The minimum absolute atomic E-state index is 0.0500. The molecule has 1 rings (SSSR count). The molecule has 5 nitrogen and oxygen atoms in total. The van der Waals surface area contributed by atoms with Gasteiger partial charge in [-0.1, -0.05) is 11.6 Å². The highest BCUT2D eigenvalue weighted by Crippen LogP contribution is 2.38. The highest BCUT2D eigenvalue weighted by atomic mass is 16.5. The van der Waals surface area contributed by atoms with E-state index in [1.165, 1.54) is 14.2 Å². The normalized spacial score (nSPS) is 9.95. The van der Waals surface area contributed by atoms with E-state index >= 15 is 0 Å². The van der Waals surface area contributed by atoms with Crippen LogP contribution in [0.2, 0.25) is 0 Å². The van der Waals surface area contributed by atoms with E-state index in [-0.39, 0.29) is 22.6 Å². The van der Waals surface area contributed by atoms with Crippen molar-refractivity contribution >= 4 is 12.3 Å². The molecule has 1 N–H and O–H groups in total. The summed E-state index contributed by atoms with van der Waals surface area (Å²) >= 11 is 0. The van der Waals surface area contributed by atoms with Gasteiger partial charge in [-0.2, -0.15) is 0 Å². The first-order chi connectivity index (χ1) is 9.88. The number of methoxy groups -OCH3 is 2. The fourth-order valence-electron chi connectivity index (χ4n) is 2.14. The molecule has 0 aliphatic carbocycles. The summed E-state index contributed by atoms with van der Waals surface area (Å²) in [7, 11) is 2.62. The number of carbonyl (C=O) groups is 2. The van der Waals surface area contributed by atoms with Gasteiger partial charge < -0.3 is 14.6 Å². The topological polar surface area (TPSA) is 72.8 Å². The Hall–Kier alpha value is -2.30. The Morgan fingerprint density at radius 1 is 1.29 bits per heavy atom. The fraction of sp³-hybridized carbons (Fsp3) is 0.375. The molecule has 0 aliphatic heterocycles. The third-order valence-electron chi connectivity index (χ3n) is 3.26. The molecule has 0 fully saturated rings. The van der Waals surface area contributed by atoms with Crippen LogP contribution in [-0.2, 0) is 11.2 Å². The minimum Gasteiger partial charge on any atom is -0.507 e. The van der Waals surface area contributed by atoms with E-state index in [0.717, 1.165) is 5.57 Å². The first-order valence-electron chi connectivity index (χ1n) is 6.48. The predicted molar refractivity (Wildman–Crippen MR) is 79.3 cm³/mol. The molecular formula is C16H20O5. The van der Waals surface area contributed by atoms with Crippen LogP contribution in [0.15, 0.2) is 11.6 Å². The van der Waals surface area contributed by atoms with Crippen LogP contribution in [0.25, 0.3) is 0 Å². The molecule has 0 saturated heterocycles. The Balaban J connectivity index is 3.68. The van der Waals surface area contributed by atoms with E-state index < -0.39 is 5.97 Å². The Kier molecular flexibility index (Phi) is 5.52. The van der Waals surface area contributed by atoms with Crippen molar-refractivity contribution in [3.63, 3.8) is 0 Å². The second-order valence-electron chi connectivity index (χ2n) is 4.87. The minimum atomic E-state index is -0.721. The fourth-order valence-corrected chi connectivity index (χ4v) is 2.14. The van der Waals surface area contributed by atoms with Crippen molar-refractivity contribution < 1.29 is 24.2 Å². The van der Waals surface area contributed by atoms with Gasteiger partial charge in [0.2, 0.25) is 0 Å². The maximum Gasteiger partial charge on any atom is 0.342 e. The molecule has 1 aromatic rings. The van der Waals surface area contributed by atoms with E-state index in [1.807, 2.05) is 19.9 Å². The number of carbonyl (C=O) groups excluding carboxylic acids is 2. The van der Waals surface area contributed by atoms with E-state index in [4.69, 9.17) is 4.74 Å². The molecule has 0 atom stereocenters. The molecule has 1 aromatic carbocycles. The number of aldehydes is 1. The molecule has 0 aromatic heterocycles. The zero-order chi connectivity index (χ0) is 16.2. The molecule has 0 aliphatic rings. The number of hydrogen-bond donors (Lipinski definition) is 1. The van der Waals surface area contributed by atoms with Crippen LogP contribution in [0.1, 0.15) is 45.7 Å². The van der Waals surface area contributed by atoms with Gasteiger partial charge in [0.05, 0.1) is 19.8 Å². The van der Waals surface area contributed by atoms with Gasteiger partial charge in [0, 0.05) is 5.56 Å². The third-order valence-corrected chi connectivity index (χ3v) is 3.26. The van der Waals surface area contributed by atoms with Gasteiger partial charge in [-0.3, -0.25) is 4.79 Å². The summed E-state index contributed by atoms with van der Waals surface area (Å²) in [5.41, 5.74) is 2.09. The predicted octanol–water partition coefficient (Wildman–Crippen LogP) is 2.82. The number of phenolic OH excluding ortho intramolecular Hbond substituents is 1. The highest BCUT2D eigenvalue weighted by Gasteiger charge is 2.26. The maximum atomic E-state index is 11.9. The average Bonchev–Trinajstić information content (AvgIpc) is 2.45. The average molecular weight is 292 g/mol. The smallest absolute Gasteiger partial charge is 0.342 e. The number of aromatic hydroxyl groups is 1. The van der Waals surface area contributed by atoms with Gasteiger partial charge in [0.15, 0.2) is 6.29 Å². The van der Waals surface area contributed by atoms with Crippen LogP contribution in [0, 0.1) is 6.92 Å². The molecule has 0 spiro atoms. The number of ether oxygens (including phenoxy) is 2. The van der Waals surface area contributed by atoms with Gasteiger partial charge >= 0.3 is 5.97 Å². The number of allylic oxidation sites excluding steroid dienone is 2. The van der Waals surface area contributed by atoms with Crippen LogP contribution in [0.3, 0.4) is 0 Å². The monoisotopic (exact) mass is 292 g/mol. The third kappa shape index (κ3) is 3.24. The zero-order valence-electron chi connectivity index (χ0n) is 12.9. The number of hydrogen-bond acceptors (Lipinski definition) is 5. The number of esters is 1. The largest absolute Gasteiger partial charge is 0.507 e. The molecule has 0 bridgehead atoms. The first-order valence-corrected chi connectivity index (χ1v) is 6.48. The molecule has 0 heterocycles. The molecule has 0 amide bonds. The Morgan fingerprint density at radius 3 is 2.33 bits per heavy atom. The highest BCUT2D eigenvalue weighted by molar-refractivity contribution is 6.03. The van der Waals surface area contributed by atoms with Crippen LogP contribution in [0.5, 0.6) is 11.5 Å². The molecule has 114 valence electrons. The van der Waals surface area contributed by atoms with Crippen molar-refractivity contribution in [2.24, 2.45) is 0 Å². The lowest BCUT2D eigenvalue weighted by Crippen LogP contribution is -2.11. The van der Waals surface area contributed by atoms with Crippen molar-refractivity contribution in [2.75, 3.05) is 14.2 Å². The van der Waals surface area contributed by atoms with Crippen LogP contribution < -0.4 is 4.74 Å². The van der Waals surface area contributed by atoms with Crippen molar-refractivity contribution in [3.05, 3.63) is 33.9 Å². The Bertz CT molecular complexity index is 595. The molecule has 0 unspecified atom stereocenters. The SMILES string of the molecule is COC(=O)c1c(C=O)c(O)c(CC=C(C)C)c(C)c1OC. The molecule has 21 heavy (non-hydrogen) atoms. The quantitative estimate of drug-likeness (QED) is 0.513. The second kappa shape index (κ2) is 6.92. The Morgan fingerprint density at radius 2 is 1.90 bits per heavy atom. The summed E-state index contributed by atoms with van der Waals surface area (Å²) in [5, 5.41) is 10.3. The maximum absolute atomic E-state index is 11.9. The summed E-state index contributed by atoms with van der Waals surface area (Å²) in [5.74, 6) is -0.679. The lowest BCUT2D eigenvalue weighted by Gasteiger charge is -2.17. The lowest BCUT2D eigenvalue weighted by molar-refractivity contribution is 0.0593. The van der Waals surface area contributed by atoms with Gasteiger partial charge in [0.25, 0.3) is 0 Å². The van der Waals surface area contributed by atoms with Gasteiger partial charge in [-0.15, -0.1) is 0 Å². The second-order valence-corrected chi connectivity index (χ2v) is 4.87. The molecule has 5 heteroatoms. The van der Waals surface area contributed by atoms with E-state index in [9.17, 15) is 14.7 Å². The standard InChI is InChI=1S/C16H20O5/c1-9(2)6-7-11-10(3)15(20-4)13(16(19)21-5)12(8-17)14(11)18/h6,8,18H,7H2,1-5H3. The van der Waals surface area contributed by atoms with E-state index in [2.05, 4.69) is 4.74 Å². The van der Waals surface area contributed by atoms with Gasteiger partial charge in [0.1, 0.15) is 17.1 Å². The number of benzene rings is 1. The summed E-state index contributed by atoms with van der Waals surface area (Å²) < 4.78 is 9.92. The summed E-state index contributed by atoms with van der Waals surface area (Å²) in [6, 6.07) is 0. The number of phenols is 1. The van der Waals surface area contributed by atoms with Crippen LogP contribution >= 0.6 is 0 Å². The molecule has 0 radical (unpaired) electrons. The van der Waals surface area contributed by atoms with Crippen molar-refractivity contribution in [1.29, 1.82) is 0 Å². The molecular weight excluding hydrogens is 272 g/mol. The van der Waals surface area contributed by atoms with Gasteiger partial charge in [-0.25, -0.2) is 4.79 Å². The Labute approximate surface area is 124 Å². The summed E-state index contributed by atoms with van der Waals surface area (Å²) in [4.78, 5) is 23.2. The van der Waals surface area contributed by atoms with E-state index in [0.29, 0.717) is 23.8 Å².